The predicted octanol–water partition coefficient (Wildman–Crippen LogP) is 0.491. The number of likely N-dealkylation sites (N-methyl/N-ethyl adjacent to an activating group) is 1. The first kappa shape index (κ1) is 15.8. The van der Waals surface area contributed by atoms with E-state index in [4.69, 9.17) is 9.37 Å². The third-order valence-corrected chi connectivity index (χ3v) is 4.35. The minimum Gasteiger partial charge on any atom is -0.378 e. The van der Waals surface area contributed by atoms with Crippen molar-refractivity contribution in [3.05, 3.63) is 18.2 Å². The largest absolute Gasteiger partial charge is 0.378 e. The molecule has 10 nitrogen and oxygen atoms in total. The number of nitrogens with zero attached hydrogens (tertiary/aromatic N) is 8. The summed E-state index contributed by atoms with van der Waals surface area (Å²) in [5, 5.41) is 7.65. The summed E-state index contributed by atoms with van der Waals surface area (Å²) in [5.41, 5.74) is 0.835. The van der Waals surface area contributed by atoms with Crippen molar-refractivity contribution in [3.8, 4) is 0 Å². The van der Waals surface area contributed by atoms with Crippen molar-refractivity contribution in [2.24, 2.45) is 0 Å². The van der Waals surface area contributed by atoms with Crippen LogP contribution in [0.1, 0.15) is 5.82 Å². The number of anilines is 2. The van der Waals surface area contributed by atoms with Crippen molar-refractivity contribution in [3.63, 3.8) is 0 Å². The summed E-state index contributed by atoms with van der Waals surface area (Å²) >= 11 is 0. The summed E-state index contributed by atoms with van der Waals surface area (Å²) in [5.74, 6) is 2.54. The van der Waals surface area contributed by atoms with Crippen LogP contribution in [0.2, 0.25) is 0 Å². The second-order valence-electron chi connectivity index (χ2n) is 5.97. The highest BCUT2D eigenvalue weighted by Gasteiger charge is 2.22. The van der Waals surface area contributed by atoms with Crippen molar-refractivity contribution < 1.29 is 9.37 Å². The van der Waals surface area contributed by atoms with Crippen LogP contribution in [0.5, 0.6) is 0 Å². The maximum Gasteiger partial charge on any atom is 0.245 e. The van der Waals surface area contributed by atoms with Crippen molar-refractivity contribution in [2.75, 3.05) is 49.7 Å². The second kappa shape index (κ2) is 6.63. The number of hydrogen-bond acceptors (Lipinski definition) is 9. The van der Waals surface area contributed by atoms with Gasteiger partial charge in [0.05, 0.1) is 13.2 Å². The Morgan fingerprint density at radius 3 is 2.64 bits per heavy atom. The number of imidazole rings is 1. The predicted molar refractivity (Wildman–Crippen MR) is 90.7 cm³/mol. The molecule has 1 saturated heterocycles. The zero-order valence-electron chi connectivity index (χ0n) is 14.3. The Morgan fingerprint density at radius 1 is 1.16 bits per heavy atom. The molecule has 0 aliphatic carbocycles. The van der Waals surface area contributed by atoms with Crippen molar-refractivity contribution in [1.29, 1.82) is 0 Å². The molecule has 1 aliphatic rings. The van der Waals surface area contributed by atoms with Gasteiger partial charge < -0.3 is 19.1 Å². The van der Waals surface area contributed by atoms with Crippen LogP contribution in [0.15, 0.2) is 17.0 Å². The van der Waals surface area contributed by atoms with E-state index < -0.39 is 0 Å². The highest BCUT2D eigenvalue weighted by molar-refractivity contribution is 5.74. The summed E-state index contributed by atoms with van der Waals surface area (Å²) in [4.78, 5) is 17.7. The minimum atomic E-state index is 0.415. The quantitative estimate of drug-likeness (QED) is 0.655. The van der Waals surface area contributed by atoms with E-state index >= 15 is 0 Å². The third-order valence-electron chi connectivity index (χ3n) is 4.35. The molecule has 0 atom stereocenters. The molecule has 0 spiro atoms. The first-order chi connectivity index (χ1) is 12.2. The van der Waals surface area contributed by atoms with E-state index in [-0.39, 0.29) is 0 Å². The lowest BCUT2D eigenvalue weighted by atomic mass is 10.3. The maximum absolute atomic E-state index is 5.44. The lowest BCUT2D eigenvalue weighted by molar-refractivity contribution is 0.122. The number of hydrogen-bond donors (Lipinski definition) is 0. The number of morpholine rings is 1. The van der Waals surface area contributed by atoms with E-state index in [1.807, 2.05) is 20.2 Å². The van der Waals surface area contributed by atoms with Crippen LogP contribution in [0.4, 0.5) is 11.6 Å². The van der Waals surface area contributed by atoms with E-state index in [0.29, 0.717) is 24.5 Å². The van der Waals surface area contributed by atoms with E-state index in [2.05, 4.69) is 39.6 Å². The Hall–Kier alpha value is -2.75. The normalized spacial score (nSPS) is 15.0. The fourth-order valence-electron chi connectivity index (χ4n) is 2.87. The average Bonchev–Trinajstić information content (AvgIpc) is 3.27. The molecule has 0 unspecified atom stereocenters. The summed E-state index contributed by atoms with van der Waals surface area (Å²) in [6.07, 6.45) is 3.78. The van der Waals surface area contributed by atoms with E-state index in [1.165, 1.54) is 0 Å². The molecule has 0 radical (unpaired) electrons. The molecule has 1 fully saturated rings. The van der Waals surface area contributed by atoms with Gasteiger partial charge in [-0.25, -0.2) is 19.6 Å². The molecule has 3 aromatic rings. The van der Waals surface area contributed by atoms with Crippen LogP contribution < -0.4 is 9.80 Å². The molecule has 4 rings (SSSR count). The Bertz CT molecular complexity index is 854. The number of aryl methyl sites for hydroxylation is 1. The maximum atomic E-state index is 5.44. The van der Waals surface area contributed by atoms with Crippen LogP contribution in [-0.2, 0) is 11.3 Å². The van der Waals surface area contributed by atoms with Gasteiger partial charge in [0, 0.05) is 45.6 Å². The minimum absolute atomic E-state index is 0.415. The van der Waals surface area contributed by atoms with Crippen LogP contribution in [-0.4, -0.2) is 69.7 Å². The molecule has 25 heavy (non-hydrogen) atoms. The number of fused-ring (bicyclic) bond motifs is 1. The van der Waals surface area contributed by atoms with Crippen LogP contribution in [0, 0.1) is 6.92 Å². The van der Waals surface area contributed by atoms with Gasteiger partial charge in [-0.2, -0.15) is 0 Å². The van der Waals surface area contributed by atoms with E-state index in [0.717, 1.165) is 43.6 Å². The molecule has 0 N–H and O–H groups in total. The Balaban J connectivity index is 1.62. The smallest absolute Gasteiger partial charge is 0.245 e. The Labute approximate surface area is 144 Å². The van der Waals surface area contributed by atoms with Gasteiger partial charge >= 0.3 is 0 Å². The standard InChI is InChI=1S/C15H20N8O2/c1-11-16-3-4-22(11)6-5-21(2)14-15(23-7-9-24-10-8-23)18-13-12(17-14)19-25-20-13/h3-4H,5-10H2,1-2H3. The van der Waals surface area contributed by atoms with E-state index in [1.54, 1.807) is 6.20 Å². The molecule has 3 aromatic heterocycles. The molecule has 0 bridgehead atoms. The monoisotopic (exact) mass is 344 g/mol. The van der Waals surface area contributed by atoms with Gasteiger partial charge in [0.25, 0.3) is 0 Å². The van der Waals surface area contributed by atoms with Crippen LogP contribution in [0.3, 0.4) is 0 Å². The summed E-state index contributed by atoms with van der Waals surface area (Å²) in [7, 11) is 2.00. The van der Waals surface area contributed by atoms with Gasteiger partial charge in [0.1, 0.15) is 5.82 Å². The Morgan fingerprint density at radius 2 is 1.92 bits per heavy atom. The summed E-state index contributed by atoms with van der Waals surface area (Å²) in [6.45, 7) is 6.45. The summed E-state index contributed by atoms with van der Waals surface area (Å²) < 4.78 is 12.3. The molecule has 0 aromatic carbocycles. The van der Waals surface area contributed by atoms with Gasteiger partial charge in [-0.1, -0.05) is 0 Å². The molecular weight excluding hydrogens is 324 g/mol. The molecular formula is C15H20N8O2. The lowest BCUT2D eigenvalue weighted by Crippen LogP contribution is -2.38. The fourth-order valence-corrected chi connectivity index (χ4v) is 2.87. The average molecular weight is 344 g/mol. The molecule has 1 aliphatic heterocycles. The second-order valence-corrected chi connectivity index (χ2v) is 5.97. The van der Waals surface area contributed by atoms with Crippen LogP contribution >= 0.6 is 0 Å². The van der Waals surface area contributed by atoms with Crippen molar-refractivity contribution in [1.82, 2.24) is 29.8 Å². The highest BCUT2D eigenvalue weighted by atomic mass is 16.6. The van der Waals surface area contributed by atoms with Gasteiger partial charge in [-0.05, 0) is 17.2 Å². The van der Waals surface area contributed by atoms with Crippen LogP contribution in [0.25, 0.3) is 11.3 Å². The first-order valence-electron chi connectivity index (χ1n) is 8.24. The summed E-state index contributed by atoms with van der Waals surface area (Å²) in [6, 6.07) is 0. The van der Waals surface area contributed by atoms with Crippen molar-refractivity contribution >= 4 is 22.9 Å². The molecule has 132 valence electrons. The fraction of sp³-hybridized carbons (Fsp3) is 0.533. The molecule has 4 heterocycles. The number of aromatic nitrogens is 6. The SMILES string of the molecule is Cc1nccn1CCN(C)c1nc2nonc2nc1N1CCOCC1. The van der Waals surface area contributed by atoms with Gasteiger partial charge in [-0.3, -0.25) is 0 Å². The molecule has 10 heteroatoms. The first-order valence-corrected chi connectivity index (χ1v) is 8.24. The number of rotatable bonds is 5. The van der Waals surface area contributed by atoms with Gasteiger partial charge in [-0.15, -0.1) is 0 Å². The zero-order chi connectivity index (χ0) is 17.2. The van der Waals surface area contributed by atoms with Gasteiger partial charge in [0.15, 0.2) is 11.6 Å². The highest BCUT2D eigenvalue weighted by Crippen LogP contribution is 2.27. The topological polar surface area (TPSA) is 98.2 Å². The van der Waals surface area contributed by atoms with E-state index in [9.17, 15) is 0 Å². The molecule has 0 amide bonds. The van der Waals surface area contributed by atoms with Gasteiger partial charge in [0.2, 0.25) is 11.3 Å². The third kappa shape index (κ3) is 3.12. The lowest BCUT2D eigenvalue weighted by Gasteiger charge is -2.31. The molecule has 0 saturated carbocycles. The Kier molecular flexibility index (Phi) is 4.18. The van der Waals surface area contributed by atoms with Crippen molar-refractivity contribution in [2.45, 2.75) is 13.5 Å². The number of ether oxygens (including phenoxy) is 1. The zero-order valence-corrected chi connectivity index (χ0v) is 14.3.